The molecule has 0 fully saturated rings. The van der Waals surface area contributed by atoms with E-state index in [1.165, 1.54) is 7.11 Å². The fourth-order valence-electron chi connectivity index (χ4n) is 2.29. The van der Waals surface area contributed by atoms with Crippen LogP contribution in [0.5, 0.6) is 5.75 Å². The van der Waals surface area contributed by atoms with Crippen molar-refractivity contribution in [3.8, 4) is 17.6 Å². The van der Waals surface area contributed by atoms with Crippen molar-refractivity contribution in [2.45, 2.75) is 32.1 Å². The van der Waals surface area contributed by atoms with Gasteiger partial charge in [-0.25, -0.2) is 0 Å². The number of amides is 1. The van der Waals surface area contributed by atoms with Crippen LogP contribution in [0, 0.1) is 11.8 Å². The van der Waals surface area contributed by atoms with Crippen molar-refractivity contribution in [3.05, 3.63) is 34.9 Å². The van der Waals surface area contributed by atoms with Crippen LogP contribution in [0.2, 0.25) is 0 Å². The molecule has 0 aliphatic carbocycles. The van der Waals surface area contributed by atoms with Crippen LogP contribution in [-0.4, -0.2) is 43.5 Å². The topological polar surface area (TPSA) is 69.7 Å². The van der Waals surface area contributed by atoms with E-state index in [0.29, 0.717) is 12.4 Å². The molecule has 0 spiro atoms. The number of ether oxygens (including phenoxy) is 3. The van der Waals surface area contributed by atoms with Crippen LogP contribution >= 0.6 is 15.9 Å². The summed E-state index contributed by atoms with van der Waals surface area (Å²) in [6.45, 7) is 4.00. The highest BCUT2D eigenvalue weighted by Gasteiger charge is 2.18. The van der Waals surface area contributed by atoms with E-state index in [1.54, 1.807) is 13.3 Å². The zero-order valence-electron chi connectivity index (χ0n) is 15.8. The van der Waals surface area contributed by atoms with Crippen molar-refractivity contribution in [2.75, 3.05) is 20.8 Å². The molecule has 2 aromatic rings. The summed E-state index contributed by atoms with van der Waals surface area (Å²) in [5.74, 6) is 6.39. The lowest BCUT2D eigenvalue weighted by Crippen LogP contribution is -2.42. The van der Waals surface area contributed by atoms with Crippen molar-refractivity contribution in [1.29, 1.82) is 0 Å². The van der Waals surface area contributed by atoms with E-state index in [1.807, 2.05) is 38.1 Å². The number of carbonyl (C=O) groups is 1. The van der Waals surface area contributed by atoms with E-state index in [9.17, 15) is 4.79 Å². The first-order valence-electron chi connectivity index (χ1n) is 8.40. The number of nitrogens with zero attached hydrogens (tertiary/aromatic N) is 1. The number of halogens is 1. The number of rotatable bonds is 7. The van der Waals surface area contributed by atoms with Gasteiger partial charge in [0.2, 0.25) is 5.91 Å². The Hall–Kier alpha value is -2.14. The van der Waals surface area contributed by atoms with Crippen molar-refractivity contribution in [3.63, 3.8) is 0 Å². The Morgan fingerprint density at radius 1 is 1.33 bits per heavy atom. The van der Waals surface area contributed by atoms with Gasteiger partial charge in [-0.3, -0.25) is 9.78 Å². The molecule has 0 radical (unpaired) electrons. The van der Waals surface area contributed by atoms with E-state index in [0.717, 1.165) is 15.4 Å². The zero-order valence-corrected chi connectivity index (χ0v) is 17.4. The van der Waals surface area contributed by atoms with Crippen LogP contribution in [0.25, 0.3) is 10.9 Å². The second kappa shape index (κ2) is 9.70. The first kappa shape index (κ1) is 21.2. The lowest BCUT2D eigenvalue weighted by Gasteiger charge is -2.20. The standard InChI is InChI=1S/C20H23BrN2O4/c1-20(2,23-18(24)8-10-25-3)9-7-19(26-4)27-16-5-6-17-14(12-16)11-15(21)13-22-17/h5-6,11-13,19H,8,10H2,1-4H3,(H,23,24). The van der Waals surface area contributed by atoms with Crippen molar-refractivity contribution in [2.24, 2.45) is 0 Å². The second-order valence-corrected chi connectivity index (χ2v) is 7.29. The van der Waals surface area contributed by atoms with Gasteiger partial charge in [0.05, 0.1) is 17.7 Å². The number of pyridine rings is 1. The summed E-state index contributed by atoms with van der Waals surface area (Å²) in [6, 6.07) is 7.52. The van der Waals surface area contributed by atoms with Crippen LogP contribution in [0.1, 0.15) is 20.3 Å². The van der Waals surface area contributed by atoms with E-state index in [-0.39, 0.29) is 12.3 Å². The largest absolute Gasteiger partial charge is 0.453 e. The van der Waals surface area contributed by atoms with Gasteiger partial charge in [0.25, 0.3) is 6.29 Å². The van der Waals surface area contributed by atoms with Gasteiger partial charge in [0.1, 0.15) is 5.75 Å². The molecule has 2 rings (SSSR count). The molecule has 144 valence electrons. The Balaban J connectivity index is 2.07. The Morgan fingerprint density at radius 2 is 2.11 bits per heavy atom. The minimum absolute atomic E-state index is 0.126. The predicted molar refractivity (Wildman–Crippen MR) is 107 cm³/mol. The summed E-state index contributed by atoms with van der Waals surface area (Å²) in [5.41, 5.74) is 0.147. The Labute approximate surface area is 167 Å². The van der Waals surface area contributed by atoms with E-state index in [2.05, 4.69) is 38.1 Å². The average Bonchev–Trinajstić information content (AvgIpc) is 2.62. The molecule has 7 heteroatoms. The number of benzene rings is 1. The molecule has 0 bridgehead atoms. The van der Waals surface area contributed by atoms with Gasteiger partial charge in [-0.15, -0.1) is 0 Å². The zero-order chi connectivity index (χ0) is 19.9. The maximum atomic E-state index is 11.8. The van der Waals surface area contributed by atoms with Gasteiger partial charge in [0, 0.05) is 36.7 Å². The number of nitrogens with one attached hydrogen (secondary N) is 1. The smallest absolute Gasteiger partial charge is 0.264 e. The quantitative estimate of drug-likeness (QED) is 0.534. The van der Waals surface area contributed by atoms with Crippen LogP contribution in [0.15, 0.2) is 34.9 Å². The molecule has 0 aliphatic rings. The lowest BCUT2D eigenvalue weighted by molar-refractivity contribution is -0.123. The molecular weight excluding hydrogens is 412 g/mol. The fourth-order valence-corrected chi connectivity index (χ4v) is 2.64. The third-order valence-electron chi connectivity index (χ3n) is 3.56. The van der Waals surface area contributed by atoms with Gasteiger partial charge in [-0.1, -0.05) is 5.92 Å². The third-order valence-corrected chi connectivity index (χ3v) is 4.00. The van der Waals surface area contributed by atoms with Crippen molar-refractivity contribution in [1.82, 2.24) is 10.3 Å². The summed E-state index contributed by atoms with van der Waals surface area (Å²) in [5, 5.41) is 3.79. The normalized spacial score (nSPS) is 12.2. The monoisotopic (exact) mass is 434 g/mol. The van der Waals surface area contributed by atoms with Crippen LogP contribution in [0.4, 0.5) is 0 Å². The highest BCUT2D eigenvalue weighted by Crippen LogP contribution is 2.23. The molecule has 0 saturated heterocycles. The minimum Gasteiger partial charge on any atom is -0.453 e. The third kappa shape index (κ3) is 6.83. The summed E-state index contributed by atoms with van der Waals surface area (Å²) in [7, 11) is 3.07. The Kier molecular flexibility index (Phi) is 7.60. The molecule has 1 aromatic carbocycles. The molecule has 1 amide bonds. The van der Waals surface area contributed by atoms with E-state index < -0.39 is 11.8 Å². The average molecular weight is 435 g/mol. The number of carbonyl (C=O) groups excluding carboxylic acids is 1. The molecule has 1 heterocycles. The Bertz CT molecular complexity index is 858. The first-order valence-corrected chi connectivity index (χ1v) is 9.19. The van der Waals surface area contributed by atoms with E-state index in [4.69, 9.17) is 14.2 Å². The molecule has 6 nitrogen and oxygen atoms in total. The highest BCUT2D eigenvalue weighted by molar-refractivity contribution is 9.10. The number of fused-ring (bicyclic) bond motifs is 1. The number of hydrogen-bond donors (Lipinski definition) is 1. The number of aromatic nitrogens is 1. The summed E-state index contributed by atoms with van der Waals surface area (Å²) < 4.78 is 16.9. The van der Waals surface area contributed by atoms with Crippen molar-refractivity contribution < 1.29 is 19.0 Å². The molecule has 1 atom stereocenters. The lowest BCUT2D eigenvalue weighted by atomic mass is 10.1. The fraction of sp³-hybridized carbons (Fsp3) is 0.400. The van der Waals surface area contributed by atoms with Gasteiger partial charge in [-0.05, 0) is 60.0 Å². The molecule has 0 aliphatic heterocycles. The number of hydrogen-bond acceptors (Lipinski definition) is 5. The van der Waals surface area contributed by atoms with E-state index >= 15 is 0 Å². The number of methoxy groups -OCH3 is 2. The van der Waals surface area contributed by atoms with Crippen LogP contribution in [-0.2, 0) is 14.3 Å². The molecule has 1 unspecified atom stereocenters. The summed E-state index contributed by atoms with van der Waals surface area (Å²) in [4.78, 5) is 16.2. The van der Waals surface area contributed by atoms with Gasteiger partial charge in [0.15, 0.2) is 0 Å². The Morgan fingerprint density at radius 3 is 2.81 bits per heavy atom. The van der Waals surface area contributed by atoms with Crippen molar-refractivity contribution >= 4 is 32.7 Å². The first-order chi connectivity index (χ1) is 12.8. The molecule has 27 heavy (non-hydrogen) atoms. The maximum Gasteiger partial charge on any atom is 0.264 e. The molecule has 1 N–H and O–H groups in total. The molecular formula is C20H23BrN2O4. The summed E-state index contributed by atoms with van der Waals surface area (Å²) in [6.07, 6.45) is 1.26. The SMILES string of the molecule is COCCC(=O)NC(C)(C)C#CC(OC)Oc1ccc2ncc(Br)cc2c1. The van der Waals surface area contributed by atoms with Gasteiger partial charge in [-0.2, -0.15) is 0 Å². The summed E-state index contributed by atoms with van der Waals surface area (Å²) >= 11 is 3.41. The molecule has 0 saturated carbocycles. The van der Waals surface area contributed by atoms with Gasteiger partial charge >= 0.3 is 0 Å². The maximum absolute atomic E-state index is 11.8. The predicted octanol–water partition coefficient (Wildman–Crippen LogP) is 3.28. The highest BCUT2D eigenvalue weighted by atomic mass is 79.9. The van der Waals surface area contributed by atoms with Gasteiger partial charge < -0.3 is 19.5 Å². The van der Waals surface area contributed by atoms with Crippen LogP contribution in [0.3, 0.4) is 0 Å². The molecule has 1 aromatic heterocycles. The second-order valence-electron chi connectivity index (χ2n) is 6.38. The van der Waals surface area contributed by atoms with Crippen LogP contribution < -0.4 is 10.1 Å². The minimum atomic E-state index is -0.766.